The minimum absolute atomic E-state index is 0.0235. The molecule has 3 heterocycles. The molecule has 3 aliphatic rings. The van der Waals surface area contributed by atoms with E-state index in [1.54, 1.807) is 69.2 Å². The lowest BCUT2D eigenvalue weighted by atomic mass is 9.89. The van der Waals surface area contributed by atoms with Gasteiger partial charge in [0.25, 0.3) is 11.8 Å². The molecule has 2 saturated heterocycles. The molecule has 0 spiro atoms. The summed E-state index contributed by atoms with van der Waals surface area (Å²) in [5.74, 6) is -4.46. The van der Waals surface area contributed by atoms with E-state index >= 15 is 0 Å². The van der Waals surface area contributed by atoms with Gasteiger partial charge in [0.05, 0.1) is 106 Å². The lowest BCUT2D eigenvalue weighted by molar-refractivity contribution is -0.148. The van der Waals surface area contributed by atoms with Gasteiger partial charge in [-0.3, -0.25) is 53.5 Å². The fraction of sp³-hybridized carbons (Fsp3) is 0.667. The van der Waals surface area contributed by atoms with E-state index in [0.29, 0.717) is 76.8 Å². The number of benzene rings is 2. The van der Waals surface area contributed by atoms with Crippen LogP contribution in [0.3, 0.4) is 0 Å². The van der Waals surface area contributed by atoms with Crippen molar-refractivity contribution in [1.29, 1.82) is 0 Å². The van der Waals surface area contributed by atoms with Crippen LogP contribution in [-0.2, 0) is 52.5 Å². The second kappa shape index (κ2) is 32.3. The van der Waals surface area contributed by atoms with Crippen molar-refractivity contribution in [2.75, 3.05) is 92.9 Å². The minimum atomic E-state index is -1.05. The maximum Gasteiger partial charge on any atom is 0.264 e. The van der Waals surface area contributed by atoms with Gasteiger partial charge in [0.15, 0.2) is 0 Å². The largest absolute Gasteiger partial charge is 0.386 e. The Morgan fingerprint density at radius 2 is 1.44 bits per heavy atom. The summed E-state index contributed by atoms with van der Waals surface area (Å²) in [6, 6.07) is 10.0. The zero-order chi connectivity index (χ0) is 60.4. The quantitative estimate of drug-likeness (QED) is 0.0493. The van der Waals surface area contributed by atoms with Crippen LogP contribution in [0.15, 0.2) is 48.5 Å². The number of amides is 8. The maximum atomic E-state index is 14.7. The number of ether oxygens (including phenoxy) is 5. The Balaban J connectivity index is 1.05. The lowest BCUT2D eigenvalue weighted by Gasteiger charge is -2.41. The van der Waals surface area contributed by atoms with Crippen molar-refractivity contribution >= 4 is 52.9 Å². The highest BCUT2D eigenvalue weighted by atomic mass is 16.5. The van der Waals surface area contributed by atoms with Crippen LogP contribution in [0.4, 0.5) is 5.69 Å². The SMILES string of the molecule is CCC(C)C(C(CC(=O)N1CCCC1C(OC)C(C)C(=O)NC(C)C(O)c1ccccc1)OC)N(C)C(=O)C(NC(=O)C(C(C)C)N(C)CCOCCOCCOCCNc1cccc2c1C(=O)N(C1CCC(=O)NC1=O)C2=O)C(C)C. The van der Waals surface area contributed by atoms with Gasteiger partial charge in [-0.1, -0.05) is 91.3 Å². The number of aliphatic hydroxyl groups is 1. The van der Waals surface area contributed by atoms with Crippen LogP contribution in [0.1, 0.15) is 126 Å². The molecule has 5 rings (SSSR count). The first-order valence-corrected chi connectivity index (χ1v) is 29.1. The molecule has 11 unspecified atom stereocenters. The molecular formula is C60H92N8O14. The molecule has 2 aromatic carbocycles. The predicted molar refractivity (Wildman–Crippen MR) is 307 cm³/mol. The van der Waals surface area contributed by atoms with E-state index in [9.17, 15) is 43.5 Å². The fourth-order valence-corrected chi connectivity index (χ4v) is 11.5. The van der Waals surface area contributed by atoms with E-state index in [2.05, 4.69) is 21.3 Å². The highest BCUT2D eigenvalue weighted by Crippen LogP contribution is 2.33. The summed E-state index contributed by atoms with van der Waals surface area (Å²) in [4.78, 5) is 114. The molecule has 3 aliphatic heterocycles. The van der Waals surface area contributed by atoms with Gasteiger partial charge in [0.1, 0.15) is 12.1 Å². The summed E-state index contributed by atoms with van der Waals surface area (Å²) in [7, 11) is 6.64. The van der Waals surface area contributed by atoms with Crippen molar-refractivity contribution in [1.82, 2.24) is 35.6 Å². The van der Waals surface area contributed by atoms with Gasteiger partial charge < -0.3 is 54.5 Å². The molecule has 11 atom stereocenters. The average molecular weight is 1150 g/mol. The number of imide groups is 2. The van der Waals surface area contributed by atoms with Gasteiger partial charge in [-0.25, -0.2) is 0 Å². The van der Waals surface area contributed by atoms with E-state index in [1.165, 1.54) is 6.07 Å². The summed E-state index contributed by atoms with van der Waals surface area (Å²) >= 11 is 0. The van der Waals surface area contributed by atoms with Crippen molar-refractivity contribution < 1.29 is 67.1 Å². The monoisotopic (exact) mass is 1150 g/mol. The van der Waals surface area contributed by atoms with Crippen molar-refractivity contribution in [3.63, 3.8) is 0 Å². The van der Waals surface area contributed by atoms with Gasteiger partial charge in [-0.05, 0) is 68.7 Å². The van der Waals surface area contributed by atoms with Gasteiger partial charge in [-0.15, -0.1) is 0 Å². The van der Waals surface area contributed by atoms with Gasteiger partial charge in [-0.2, -0.15) is 0 Å². The first-order valence-electron chi connectivity index (χ1n) is 29.1. The number of likely N-dealkylation sites (N-methyl/N-ethyl adjacent to an activating group) is 2. The molecule has 22 nitrogen and oxygen atoms in total. The molecule has 22 heteroatoms. The molecule has 456 valence electrons. The number of likely N-dealkylation sites (tertiary alicyclic amines) is 1. The summed E-state index contributed by atoms with van der Waals surface area (Å²) in [5.41, 5.74) is 1.50. The second-order valence-corrected chi connectivity index (χ2v) is 22.6. The van der Waals surface area contributed by atoms with E-state index in [4.69, 9.17) is 23.7 Å². The van der Waals surface area contributed by atoms with Crippen LogP contribution >= 0.6 is 0 Å². The third-order valence-electron chi connectivity index (χ3n) is 16.2. The molecule has 8 amide bonds. The molecule has 0 radical (unpaired) electrons. The number of fused-ring (bicyclic) bond motifs is 1. The number of anilines is 1. The number of hydrogen-bond acceptors (Lipinski definition) is 16. The smallest absolute Gasteiger partial charge is 0.264 e. The molecule has 0 bridgehead atoms. The number of rotatable bonds is 34. The summed E-state index contributed by atoms with van der Waals surface area (Å²) in [6.45, 7) is 18.3. The fourth-order valence-electron chi connectivity index (χ4n) is 11.5. The summed E-state index contributed by atoms with van der Waals surface area (Å²) < 4.78 is 29.3. The Morgan fingerprint density at radius 1 is 0.780 bits per heavy atom. The Morgan fingerprint density at radius 3 is 2.05 bits per heavy atom. The van der Waals surface area contributed by atoms with Crippen LogP contribution in [-0.4, -0.2) is 208 Å². The first kappa shape index (κ1) is 66.9. The standard InChI is InChI=1S/C60H92N8O14/c1-13-38(6)52(46(78-11)35-48(70)67-27-18-23-44(67)54(79-12)39(7)55(72)62-40(8)53(71)41-19-15-14-16-20-41)66(10)60(77)50(36(2)3)64-57(74)51(37(4)5)65(9)28-30-81-32-34-82-33-31-80-29-26-61-43-22-17-21-42-49(43)59(76)68(58(42)75)45-24-25-47(69)63-56(45)73/h14-17,19-22,36-40,44-46,50-54,61,71H,13,18,23-35H2,1-12H3,(H,62,72)(H,64,74)(H,63,69,73). The van der Waals surface area contributed by atoms with Crippen LogP contribution in [0, 0.1) is 23.7 Å². The summed E-state index contributed by atoms with van der Waals surface area (Å²) in [6.07, 6.45) is -0.0945. The Labute approximate surface area is 484 Å². The van der Waals surface area contributed by atoms with E-state index in [-0.39, 0.29) is 84.4 Å². The van der Waals surface area contributed by atoms with Gasteiger partial charge in [0, 0.05) is 53.0 Å². The van der Waals surface area contributed by atoms with Gasteiger partial charge >= 0.3 is 0 Å². The third kappa shape index (κ3) is 17.1. The van der Waals surface area contributed by atoms with Crippen molar-refractivity contribution in [3.05, 3.63) is 65.2 Å². The number of methoxy groups -OCH3 is 2. The Bertz CT molecular complexity index is 2460. The van der Waals surface area contributed by atoms with Crippen molar-refractivity contribution in [3.8, 4) is 0 Å². The van der Waals surface area contributed by atoms with Crippen LogP contribution in [0.2, 0.25) is 0 Å². The zero-order valence-corrected chi connectivity index (χ0v) is 50.3. The Kier molecular flexibility index (Phi) is 26.3. The zero-order valence-electron chi connectivity index (χ0n) is 50.3. The topological polar surface area (TPSA) is 264 Å². The molecule has 82 heavy (non-hydrogen) atoms. The number of piperidine rings is 1. The molecule has 2 aromatic rings. The van der Waals surface area contributed by atoms with Crippen LogP contribution in [0.25, 0.3) is 0 Å². The highest BCUT2D eigenvalue weighted by Gasteiger charge is 2.47. The van der Waals surface area contributed by atoms with Crippen LogP contribution in [0.5, 0.6) is 0 Å². The molecule has 0 aliphatic carbocycles. The number of hydrogen-bond donors (Lipinski definition) is 5. The van der Waals surface area contributed by atoms with Crippen molar-refractivity contribution in [2.45, 2.75) is 148 Å². The van der Waals surface area contributed by atoms with E-state index in [0.717, 1.165) is 11.3 Å². The maximum absolute atomic E-state index is 14.7. The second-order valence-electron chi connectivity index (χ2n) is 22.6. The minimum Gasteiger partial charge on any atom is -0.386 e. The normalized spacial score (nSPS) is 19.8. The molecule has 0 aromatic heterocycles. The van der Waals surface area contributed by atoms with Gasteiger partial charge in [0.2, 0.25) is 35.4 Å². The highest BCUT2D eigenvalue weighted by molar-refractivity contribution is 6.25. The first-order chi connectivity index (χ1) is 39.1. The number of aliphatic hydroxyl groups excluding tert-OH is 1. The molecule has 5 N–H and O–H groups in total. The lowest BCUT2D eigenvalue weighted by Crippen LogP contribution is -2.60. The van der Waals surface area contributed by atoms with Crippen molar-refractivity contribution in [2.24, 2.45) is 23.7 Å². The molecular weight excluding hydrogens is 1060 g/mol. The average Bonchev–Trinajstić information content (AvgIpc) is 4.22. The number of carbonyl (C=O) groups is 8. The number of carbonyl (C=O) groups excluding carboxylic acids is 8. The predicted octanol–water partition coefficient (Wildman–Crippen LogP) is 3.81. The number of nitrogens with zero attached hydrogens (tertiary/aromatic N) is 4. The molecule has 2 fully saturated rings. The van der Waals surface area contributed by atoms with E-state index < -0.39 is 78.1 Å². The number of nitrogens with one attached hydrogen (secondary N) is 4. The Hall–Kier alpha value is -5.88. The summed E-state index contributed by atoms with van der Waals surface area (Å²) in [5, 5.41) is 22.3. The van der Waals surface area contributed by atoms with E-state index in [1.807, 2.05) is 71.7 Å². The third-order valence-corrected chi connectivity index (χ3v) is 16.2. The molecule has 0 saturated carbocycles. The van der Waals surface area contributed by atoms with Crippen LogP contribution < -0.4 is 21.3 Å².